The second kappa shape index (κ2) is 4.10. The van der Waals surface area contributed by atoms with Crippen molar-refractivity contribution in [3.05, 3.63) is 11.1 Å². The van der Waals surface area contributed by atoms with Crippen molar-refractivity contribution in [2.24, 2.45) is 0 Å². The third kappa shape index (κ3) is 1.88. The maximum Gasteiger partial charge on any atom is 0.225 e. The molecule has 0 bridgehead atoms. The van der Waals surface area contributed by atoms with E-state index in [0.717, 1.165) is 31.7 Å². The molecule has 1 aliphatic rings. The van der Waals surface area contributed by atoms with Gasteiger partial charge >= 0.3 is 0 Å². The van der Waals surface area contributed by atoms with E-state index >= 15 is 0 Å². The van der Waals surface area contributed by atoms with Crippen LogP contribution < -0.4 is 0 Å². The molecule has 0 N–H and O–H groups in total. The topological polar surface area (TPSA) is 39.9 Å². The van der Waals surface area contributed by atoms with Crippen LogP contribution in [0.1, 0.15) is 32.5 Å². The van der Waals surface area contributed by atoms with E-state index in [1.165, 1.54) is 0 Å². The van der Waals surface area contributed by atoms with Crippen LogP contribution in [0.2, 0.25) is 5.28 Å². The number of rotatable bonds is 2. The predicted molar refractivity (Wildman–Crippen MR) is 58.1 cm³/mol. The van der Waals surface area contributed by atoms with Crippen LogP contribution in [0.15, 0.2) is 0 Å². The molecule has 1 fully saturated rings. The van der Waals surface area contributed by atoms with Crippen LogP contribution in [0.4, 0.5) is 0 Å². The third-order valence-electron chi connectivity index (χ3n) is 2.96. The lowest BCUT2D eigenvalue weighted by Gasteiger charge is -2.35. The standard InChI is InChI=1S/C10H16ClN3O/c1-3-8-12-13-9(11)14(8)10(2)5-4-6-15-7-10/h3-7H2,1-2H3. The summed E-state index contributed by atoms with van der Waals surface area (Å²) in [5, 5.41) is 8.48. The average Bonchev–Trinajstić information content (AvgIpc) is 2.61. The van der Waals surface area contributed by atoms with Gasteiger partial charge in [-0.05, 0) is 31.4 Å². The summed E-state index contributed by atoms with van der Waals surface area (Å²) in [5.41, 5.74) is -0.0792. The summed E-state index contributed by atoms with van der Waals surface area (Å²) in [6.07, 6.45) is 2.97. The van der Waals surface area contributed by atoms with Gasteiger partial charge in [0.25, 0.3) is 0 Å². The second-order valence-corrected chi connectivity index (χ2v) is 4.57. The van der Waals surface area contributed by atoms with Crippen molar-refractivity contribution < 1.29 is 4.74 Å². The van der Waals surface area contributed by atoms with Gasteiger partial charge in [0.15, 0.2) is 0 Å². The van der Waals surface area contributed by atoms with Crippen LogP contribution in [0.25, 0.3) is 0 Å². The minimum absolute atomic E-state index is 0.0792. The molecule has 84 valence electrons. The van der Waals surface area contributed by atoms with E-state index in [9.17, 15) is 0 Å². The molecule has 0 radical (unpaired) electrons. The molecule has 0 aliphatic carbocycles. The molecule has 1 aliphatic heterocycles. The highest BCUT2D eigenvalue weighted by Crippen LogP contribution is 2.30. The van der Waals surface area contributed by atoms with Crippen LogP contribution in [0, 0.1) is 0 Å². The van der Waals surface area contributed by atoms with E-state index in [4.69, 9.17) is 16.3 Å². The van der Waals surface area contributed by atoms with Gasteiger partial charge < -0.3 is 4.74 Å². The SMILES string of the molecule is CCc1nnc(Cl)n1C1(C)CCCOC1. The molecule has 1 aromatic rings. The van der Waals surface area contributed by atoms with Crippen molar-refractivity contribution in [1.82, 2.24) is 14.8 Å². The van der Waals surface area contributed by atoms with Crippen LogP contribution in [0.5, 0.6) is 0 Å². The molecule has 1 atom stereocenters. The highest BCUT2D eigenvalue weighted by atomic mass is 35.5. The largest absolute Gasteiger partial charge is 0.379 e. The van der Waals surface area contributed by atoms with E-state index in [0.29, 0.717) is 11.9 Å². The first-order valence-corrected chi connectivity index (χ1v) is 5.73. The molecule has 1 aromatic heterocycles. The Hall–Kier alpha value is -0.610. The van der Waals surface area contributed by atoms with Crippen LogP contribution >= 0.6 is 11.6 Å². The summed E-state index contributed by atoms with van der Waals surface area (Å²) < 4.78 is 7.55. The molecular formula is C10H16ClN3O. The van der Waals surface area contributed by atoms with Gasteiger partial charge in [0.2, 0.25) is 5.28 Å². The Morgan fingerprint density at radius 2 is 2.33 bits per heavy atom. The molecule has 0 spiro atoms. The summed E-state index contributed by atoms with van der Waals surface area (Å²) in [6, 6.07) is 0. The quantitative estimate of drug-likeness (QED) is 0.779. The Kier molecular flexibility index (Phi) is 2.98. The fraction of sp³-hybridized carbons (Fsp3) is 0.800. The summed E-state index contributed by atoms with van der Waals surface area (Å²) in [5.74, 6) is 0.938. The lowest BCUT2D eigenvalue weighted by Crippen LogP contribution is -2.40. The normalized spacial score (nSPS) is 26.9. The van der Waals surface area contributed by atoms with E-state index in [1.54, 1.807) is 0 Å². The first-order chi connectivity index (χ1) is 7.17. The zero-order valence-electron chi connectivity index (χ0n) is 9.16. The van der Waals surface area contributed by atoms with Gasteiger partial charge in [0, 0.05) is 13.0 Å². The van der Waals surface area contributed by atoms with Gasteiger partial charge in [-0.2, -0.15) is 0 Å². The van der Waals surface area contributed by atoms with Crippen molar-refractivity contribution in [3.63, 3.8) is 0 Å². The van der Waals surface area contributed by atoms with E-state index in [2.05, 4.69) is 24.0 Å². The number of aryl methyl sites for hydroxylation is 1. The van der Waals surface area contributed by atoms with E-state index in [-0.39, 0.29) is 5.54 Å². The zero-order valence-corrected chi connectivity index (χ0v) is 9.92. The zero-order chi connectivity index (χ0) is 10.9. The fourth-order valence-electron chi connectivity index (χ4n) is 2.15. The van der Waals surface area contributed by atoms with E-state index < -0.39 is 0 Å². The van der Waals surface area contributed by atoms with Gasteiger partial charge in [0.05, 0.1) is 12.1 Å². The maximum absolute atomic E-state index is 6.08. The molecule has 2 heterocycles. The maximum atomic E-state index is 6.08. The van der Waals surface area contributed by atoms with Crippen molar-refractivity contribution in [3.8, 4) is 0 Å². The van der Waals surface area contributed by atoms with Crippen molar-refractivity contribution in [2.75, 3.05) is 13.2 Å². The molecule has 5 heteroatoms. The summed E-state index contributed by atoms with van der Waals surface area (Å²) in [4.78, 5) is 0. The smallest absolute Gasteiger partial charge is 0.225 e. The van der Waals surface area contributed by atoms with Gasteiger partial charge in [0.1, 0.15) is 5.82 Å². The van der Waals surface area contributed by atoms with Crippen LogP contribution in [0.3, 0.4) is 0 Å². The number of hydrogen-bond acceptors (Lipinski definition) is 3. The van der Waals surface area contributed by atoms with Crippen LogP contribution in [-0.2, 0) is 16.7 Å². The summed E-state index contributed by atoms with van der Waals surface area (Å²) in [7, 11) is 0. The van der Waals surface area contributed by atoms with Gasteiger partial charge in [-0.1, -0.05) is 6.92 Å². The molecular weight excluding hydrogens is 214 g/mol. The average molecular weight is 230 g/mol. The number of halogens is 1. The minimum atomic E-state index is -0.0792. The van der Waals surface area contributed by atoms with Gasteiger partial charge in [-0.25, -0.2) is 0 Å². The first kappa shape index (κ1) is 10.9. The second-order valence-electron chi connectivity index (χ2n) is 4.23. The molecule has 2 rings (SSSR count). The highest BCUT2D eigenvalue weighted by molar-refractivity contribution is 6.28. The number of nitrogens with zero attached hydrogens (tertiary/aromatic N) is 3. The van der Waals surface area contributed by atoms with Gasteiger partial charge in [-0.3, -0.25) is 4.57 Å². The lowest BCUT2D eigenvalue weighted by molar-refractivity contribution is 0.00824. The molecule has 4 nitrogen and oxygen atoms in total. The lowest BCUT2D eigenvalue weighted by atomic mass is 9.94. The van der Waals surface area contributed by atoms with Crippen molar-refractivity contribution in [1.29, 1.82) is 0 Å². The van der Waals surface area contributed by atoms with Crippen molar-refractivity contribution in [2.45, 2.75) is 38.6 Å². The molecule has 1 unspecified atom stereocenters. The molecule has 15 heavy (non-hydrogen) atoms. The molecule has 0 saturated carbocycles. The number of aromatic nitrogens is 3. The monoisotopic (exact) mass is 229 g/mol. The van der Waals surface area contributed by atoms with Crippen molar-refractivity contribution >= 4 is 11.6 Å². The number of hydrogen-bond donors (Lipinski definition) is 0. The Bertz CT molecular complexity index is 344. The highest BCUT2D eigenvalue weighted by Gasteiger charge is 2.33. The number of ether oxygens (including phenoxy) is 1. The third-order valence-corrected chi connectivity index (χ3v) is 3.21. The Morgan fingerprint density at radius 1 is 1.53 bits per heavy atom. The Balaban J connectivity index is 2.37. The van der Waals surface area contributed by atoms with E-state index in [1.807, 2.05) is 4.57 Å². The Labute approximate surface area is 94.6 Å². The summed E-state index contributed by atoms with van der Waals surface area (Å²) in [6.45, 7) is 5.75. The Morgan fingerprint density at radius 3 is 2.93 bits per heavy atom. The molecule has 0 aromatic carbocycles. The first-order valence-electron chi connectivity index (χ1n) is 5.35. The fourth-order valence-corrected chi connectivity index (χ4v) is 2.49. The molecule has 0 amide bonds. The van der Waals surface area contributed by atoms with Gasteiger partial charge in [-0.15, -0.1) is 10.2 Å². The minimum Gasteiger partial charge on any atom is -0.379 e. The predicted octanol–water partition coefficient (Wildman–Crippen LogP) is 2.02. The molecule has 1 saturated heterocycles. The van der Waals surface area contributed by atoms with Crippen LogP contribution in [-0.4, -0.2) is 28.0 Å². The summed E-state index contributed by atoms with van der Waals surface area (Å²) >= 11 is 6.08.